The van der Waals surface area contributed by atoms with Crippen molar-refractivity contribution in [2.45, 2.75) is 32.7 Å². The molecule has 144 valence electrons. The Bertz CT molecular complexity index is 873. The summed E-state index contributed by atoms with van der Waals surface area (Å²) in [5, 5.41) is 0. The second-order valence-corrected chi connectivity index (χ2v) is 8.92. The van der Waals surface area contributed by atoms with Crippen LogP contribution in [0.3, 0.4) is 0 Å². The number of anilines is 1. The van der Waals surface area contributed by atoms with E-state index in [2.05, 4.69) is 51.6 Å². The Kier molecular flexibility index (Phi) is 4.50. The van der Waals surface area contributed by atoms with Crippen molar-refractivity contribution in [1.82, 2.24) is 24.4 Å². The lowest BCUT2D eigenvalue weighted by atomic mass is 9.92. The maximum atomic E-state index is 12.2. The lowest BCUT2D eigenvalue weighted by molar-refractivity contribution is 0.303. The van der Waals surface area contributed by atoms with Gasteiger partial charge in [0, 0.05) is 63.6 Å². The van der Waals surface area contributed by atoms with Crippen molar-refractivity contribution in [2.75, 3.05) is 31.1 Å². The van der Waals surface area contributed by atoms with E-state index in [1.807, 2.05) is 0 Å². The molecular formula is C20H28N6O. The van der Waals surface area contributed by atoms with Crippen molar-refractivity contribution in [3.8, 4) is 0 Å². The SMILES string of the molecule is Cn1ccnc(CN2CC3CN(c4cc(C(C)(C)C)ncn4)CC3C2)c1=O. The number of fused-ring (bicyclic) bond motifs is 1. The Labute approximate surface area is 160 Å². The van der Waals surface area contributed by atoms with Gasteiger partial charge in [0.25, 0.3) is 5.56 Å². The first-order valence-electron chi connectivity index (χ1n) is 9.61. The van der Waals surface area contributed by atoms with E-state index in [1.54, 1.807) is 30.3 Å². The van der Waals surface area contributed by atoms with Crippen LogP contribution < -0.4 is 10.5 Å². The average Bonchev–Trinajstić information content (AvgIpc) is 3.17. The predicted octanol–water partition coefficient (Wildman–Crippen LogP) is 1.44. The Hall–Kier alpha value is -2.28. The molecule has 4 rings (SSSR count). The molecule has 0 amide bonds. The van der Waals surface area contributed by atoms with Crippen LogP contribution in [0.4, 0.5) is 5.82 Å². The zero-order valence-corrected chi connectivity index (χ0v) is 16.6. The van der Waals surface area contributed by atoms with Gasteiger partial charge in [-0.15, -0.1) is 0 Å². The van der Waals surface area contributed by atoms with Crippen molar-refractivity contribution in [2.24, 2.45) is 18.9 Å². The molecule has 0 N–H and O–H groups in total. The Morgan fingerprint density at radius 3 is 2.44 bits per heavy atom. The van der Waals surface area contributed by atoms with E-state index in [-0.39, 0.29) is 11.0 Å². The van der Waals surface area contributed by atoms with E-state index >= 15 is 0 Å². The first-order chi connectivity index (χ1) is 12.8. The highest BCUT2D eigenvalue weighted by Gasteiger charge is 2.40. The summed E-state index contributed by atoms with van der Waals surface area (Å²) in [6.45, 7) is 11.2. The summed E-state index contributed by atoms with van der Waals surface area (Å²) in [4.78, 5) is 30.2. The molecular weight excluding hydrogens is 340 g/mol. The number of aryl methyl sites for hydroxylation is 1. The van der Waals surface area contributed by atoms with Gasteiger partial charge >= 0.3 is 0 Å². The molecule has 2 aliphatic rings. The van der Waals surface area contributed by atoms with Gasteiger partial charge in [0.05, 0.1) is 5.69 Å². The van der Waals surface area contributed by atoms with Crippen LogP contribution >= 0.6 is 0 Å². The molecule has 0 saturated carbocycles. The second kappa shape index (κ2) is 6.71. The normalized spacial score (nSPS) is 23.0. The third-order valence-corrected chi connectivity index (χ3v) is 5.77. The van der Waals surface area contributed by atoms with Gasteiger partial charge in [-0.25, -0.2) is 9.97 Å². The van der Waals surface area contributed by atoms with E-state index in [1.165, 1.54) is 0 Å². The van der Waals surface area contributed by atoms with Gasteiger partial charge in [-0.2, -0.15) is 0 Å². The second-order valence-electron chi connectivity index (χ2n) is 8.92. The summed E-state index contributed by atoms with van der Waals surface area (Å²) in [5.74, 6) is 2.27. The van der Waals surface area contributed by atoms with Crippen LogP contribution in [0.5, 0.6) is 0 Å². The van der Waals surface area contributed by atoms with Crippen LogP contribution in [0.15, 0.2) is 29.6 Å². The Balaban J connectivity index is 1.41. The van der Waals surface area contributed by atoms with Crippen LogP contribution in [0.25, 0.3) is 0 Å². The maximum absolute atomic E-state index is 12.2. The molecule has 27 heavy (non-hydrogen) atoms. The van der Waals surface area contributed by atoms with E-state index in [9.17, 15) is 4.79 Å². The van der Waals surface area contributed by atoms with Crippen molar-refractivity contribution in [3.05, 3.63) is 46.5 Å². The van der Waals surface area contributed by atoms with Gasteiger partial charge in [0.15, 0.2) is 0 Å². The molecule has 0 radical (unpaired) electrons. The minimum Gasteiger partial charge on any atom is -0.356 e. The van der Waals surface area contributed by atoms with Crippen molar-refractivity contribution >= 4 is 5.82 Å². The molecule has 2 atom stereocenters. The molecule has 2 unspecified atom stereocenters. The molecule has 2 saturated heterocycles. The van der Waals surface area contributed by atoms with Gasteiger partial charge in [0.2, 0.25) is 0 Å². The highest BCUT2D eigenvalue weighted by atomic mass is 16.1. The van der Waals surface area contributed by atoms with Gasteiger partial charge in [-0.1, -0.05) is 20.8 Å². The molecule has 7 nitrogen and oxygen atoms in total. The zero-order valence-electron chi connectivity index (χ0n) is 16.6. The minimum atomic E-state index is 0.00637. The van der Waals surface area contributed by atoms with Crippen molar-refractivity contribution < 1.29 is 0 Å². The van der Waals surface area contributed by atoms with Crippen LogP contribution in [0, 0.1) is 11.8 Å². The maximum Gasteiger partial charge on any atom is 0.273 e. The quantitative estimate of drug-likeness (QED) is 0.817. The minimum absolute atomic E-state index is 0.00637. The van der Waals surface area contributed by atoms with Gasteiger partial charge in [-0.05, 0) is 11.8 Å². The summed E-state index contributed by atoms with van der Waals surface area (Å²) in [5.41, 5.74) is 1.75. The zero-order chi connectivity index (χ0) is 19.2. The molecule has 2 aromatic heterocycles. The van der Waals surface area contributed by atoms with E-state index in [0.29, 0.717) is 24.1 Å². The monoisotopic (exact) mass is 368 g/mol. The van der Waals surface area contributed by atoms with Crippen molar-refractivity contribution in [3.63, 3.8) is 0 Å². The van der Waals surface area contributed by atoms with Gasteiger partial charge in [0.1, 0.15) is 17.8 Å². The summed E-state index contributed by atoms with van der Waals surface area (Å²) in [7, 11) is 1.78. The van der Waals surface area contributed by atoms with Crippen LogP contribution in [0.1, 0.15) is 32.2 Å². The lowest BCUT2D eigenvalue weighted by Gasteiger charge is -2.24. The van der Waals surface area contributed by atoms with Gasteiger partial charge in [-0.3, -0.25) is 14.7 Å². The molecule has 2 aliphatic heterocycles. The third-order valence-electron chi connectivity index (χ3n) is 5.77. The standard InChI is InChI=1S/C20H28N6O/c1-20(2,3)17-7-18(23-13-22-17)26-10-14-8-25(9-15(14)11-26)12-16-19(27)24(4)6-5-21-16/h5-7,13-15H,8-12H2,1-4H3. The first-order valence-corrected chi connectivity index (χ1v) is 9.61. The van der Waals surface area contributed by atoms with E-state index in [0.717, 1.165) is 37.7 Å². The third kappa shape index (κ3) is 3.60. The molecule has 4 heterocycles. The number of hydrogen-bond donors (Lipinski definition) is 0. The van der Waals surface area contributed by atoms with Crippen molar-refractivity contribution in [1.29, 1.82) is 0 Å². The summed E-state index contributed by atoms with van der Waals surface area (Å²) < 4.78 is 1.60. The van der Waals surface area contributed by atoms with Crippen LogP contribution in [0.2, 0.25) is 0 Å². The number of aromatic nitrogens is 4. The lowest BCUT2D eigenvalue weighted by Crippen LogP contribution is -2.32. The molecule has 0 aliphatic carbocycles. The summed E-state index contributed by atoms with van der Waals surface area (Å²) in [6, 6.07) is 2.14. The number of hydrogen-bond acceptors (Lipinski definition) is 6. The van der Waals surface area contributed by atoms with E-state index in [4.69, 9.17) is 0 Å². The fourth-order valence-electron chi connectivity index (χ4n) is 4.21. The molecule has 0 bridgehead atoms. The molecule has 0 aromatic carbocycles. The smallest absolute Gasteiger partial charge is 0.273 e. The Morgan fingerprint density at radius 1 is 1.07 bits per heavy atom. The largest absolute Gasteiger partial charge is 0.356 e. The average molecular weight is 368 g/mol. The summed E-state index contributed by atoms with van der Waals surface area (Å²) >= 11 is 0. The fourth-order valence-corrected chi connectivity index (χ4v) is 4.21. The highest BCUT2D eigenvalue weighted by Crippen LogP contribution is 2.34. The first kappa shape index (κ1) is 18.1. The highest BCUT2D eigenvalue weighted by molar-refractivity contribution is 5.42. The predicted molar refractivity (Wildman–Crippen MR) is 105 cm³/mol. The number of nitrogens with zero attached hydrogens (tertiary/aromatic N) is 6. The van der Waals surface area contributed by atoms with E-state index < -0.39 is 0 Å². The van der Waals surface area contributed by atoms with Crippen LogP contribution in [-0.2, 0) is 19.0 Å². The topological polar surface area (TPSA) is 67.2 Å². The Morgan fingerprint density at radius 2 is 1.78 bits per heavy atom. The van der Waals surface area contributed by atoms with Crippen LogP contribution in [-0.4, -0.2) is 50.6 Å². The molecule has 2 aromatic rings. The molecule has 7 heteroatoms. The van der Waals surface area contributed by atoms with Gasteiger partial charge < -0.3 is 9.47 Å². The number of likely N-dealkylation sites (tertiary alicyclic amines) is 1. The molecule has 2 fully saturated rings. The fraction of sp³-hybridized carbons (Fsp3) is 0.600. The molecule has 0 spiro atoms. The summed E-state index contributed by atoms with van der Waals surface area (Å²) in [6.07, 6.45) is 5.10. The number of rotatable bonds is 3.